The molecule has 7 nitrogen and oxygen atoms in total. The third-order valence-electron chi connectivity index (χ3n) is 5.57. The first-order chi connectivity index (χ1) is 15.4. The molecule has 0 radical (unpaired) electrons. The van der Waals surface area contributed by atoms with Gasteiger partial charge in [-0.3, -0.25) is 4.55 Å². The lowest BCUT2D eigenvalue weighted by Crippen LogP contribution is -2.19. The Morgan fingerprint density at radius 3 is 1.91 bits per heavy atom. The highest BCUT2D eigenvalue weighted by Crippen LogP contribution is 2.42. The molecule has 0 bridgehead atoms. The van der Waals surface area contributed by atoms with E-state index in [1.807, 2.05) is 31.1 Å². The third-order valence-corrected chi connectivity index (χ3v) is 8.32. The second-order valence-electron chi connectivity index (χ2n) is 8.17. The van der Waals surface area contributed by atoms with Crippen LogP contribution in [0.4, 0.5) is 11.4 Å². The van der Waals surface area contributed by atoms with E-state index < -0.39 is 24.9 Å². The van der Waals surface area contributed by atoms with E-state index in [4.69, 9.17) is 0 Å². The molecule has 0 saturated carbocycles. The molecular weight excluding hydrogens is 460 g/mol. The third kappa shape index (κ3) is 3.82. The highest BCUT2D eigenvalue weighted by Gasteiger charge is 2.31. The van der Waals surface area contributed by atoms with Crippen LogP contribution in [0.5, 0.6) is 0 Å². The first-order valence-electron chi connectivity index (χ1n) is 10.1. The molecule has 0 aliphatic rings. The van der Waals surface area contributed by atoms with Crippen LogP contribution < -0.4 is 9.80 Å². The van der Waals surface area contributed by atoms with Gasteiger partial charge >= 0.3 is 0 Å². The summed E-state index contributed by atoms with van der Waals surface area (Å²) in [6.45, 7) is 0. The van der Waals surface area contributed by atoms with Gasteiger partial charge in [0.1, 0.15) is 4.90 Å². The van der Waals surface area contributed by atoms with Crippen LogP contribution in [0.2, 0.25) is 0 Å². The number of hydrogen-bond acceptors (Lipinski definition) is 6. The molecule has 0 heterocycles. The Morgan fingerprint density at radius 1 is 0.667 bits per heavy atom. The fourth-order valence-corrected chi connectivity index (χ4v) is 7.02. The van der Waals surface area contributed by atoms with Crippen molar-refractivity contribution < 1.29 is 21.4 Å². The topological polar surface area (TPSA) is 95.0 Å². The van der Waals surface area contributed by atoms with Gasteiger partial charge in [0.05, 0.1) is 15.5 Å². The molecule has 0 atom stereocenters. The second kappa shape index (κ2) is 8.02. The van der Waals surface area contributed by atoms with Crippen molar-refractivity contribution in [3.05, 3.63) is 66.7 Å². The van der Waals surface area contributed by atoms with Gasteiger partial charge in [-0.1, -0.05) is 48.5 Å². The minimum atomic E-state index is -4.74. The van der Waals surface area contributed by atoms with Crippen LogP contribution in [0.15, 0.2) is 81.4 Å². The van der Waals surface area contributed by atoms with E-state index in [9.17, 15) is 21.4 Å². The van der Waals surface area contributed by atoms with Crippen LogP contribution >= 0.6 is 0 Å². The van der Waals surface area contributed by atoms with Crippen molar-refractivity contribution >= 4 is 52.9 Å². The highest BCUT2D eigenvalue weighted by atomic mass is 32.2. The van der Waals surface area contributed by atoms with Crippen molar-refractivity contribution in [1.29, 1.82) is 0 Å². The van der Waals surface area contributed by atoms with Gasteiger partial charge in [-0.2, -0.15) is 8.42 Å². The normalized spacial score (nSPS) is 12.3. The maximum atomic E-state index is 14.1. The van der Waals surface area contributed by atoms with Gasteiger partial charge in [-0.25, -0.2) is 8.42 Å². The number of benzene rings is 4. The van der Waals surface area contributed by atoms with Gasteiger partial charge in [-0.05, 0) is 23.6 Å². The van der Waals surface area contributed by atoms with Crippen molar-refractivity contribution in [2.75, 3.05) is 38.0 Å². The van der Waals surface area contributed by atoms with Gasteiger partial charge in [-0.15, -0.1) is 0 Å². The Morgan fingerprint density at radius 2 is 1.27 bits per heavy atom. The molecule has 0 spiro atoms. The number of sulfone groups is 1. The predicted molar refractivity (Wildman–Crippen MR) is 132 cm³/mol. The minimum absolute atomic E-state index is 0.0587. The molecule has 0 saturated heterocycles. The van der Waals surface area contributed by atoms with Crippen LogP contribution in [0, 0.1) is 0 Å². The van der Waals surface area contributed by atoms with Crippen molar-refractivity contribution in [3.8, 4) is 0 Å². The number of rotatable bonds is 5. The van der Waals surface area contributed by atoms with Crippen molar-refractivity contribution in [2.24, 2.45) is 0 Å². The molecule has 172 valence electrons. The van der Waals surface area contributed by atoms with Crippen molar-refractivity contribution in [1.82, 2.24) is 0 Å². The van der Waals surface area contributed by atoms with Crippen LogP contribution in [0.25, 0.3) is 21.5 Å². The molecule has 0 aliphatic heterocycles. The van der Waals surface area contributed by atoms with E-state index in [1.165, 1.54) is 17.0 Å². The summed E-state index contributed by atoms with van der Waals surface area (Å²) in [5.74, 6) is 0. The molecule has 1 N–H and O–H groups in total. The summed E-state index contributed by atoms with van der Waals surface area (Å²) in [5, 5.41) is 1.92. The summed E-state index contributed by atoms with van der Waals surface area (Å²) in [6.07, 6.45) is 0. The van der Waals surface area contributed by atoms with E-state index in [2.05, 4.69) is 0 Å². The molecule has 4 aromatic rings. The molecule has 9 heteroatoms. The fourth-order valence-electron chi connectivity index (χ4n) is 4.18. The van der Waals surface area contributed by atoms with Gasteiger partial charge in [0, 0.05) is 50.0 Å². The second-order valence-corrected chi connectivity index (χ2v) is 11.4. The number of anilines is 2. The zero-order chi connectivity index (χ0) is 24.1. The van der Waals surface area contributed by atoms with Gasteiger partial charge in [0.2, 0.25) is 9.84 Å². The summed E-state index contributed by atoms with van der Waals surface area (Å²) in [4.78, 5) is 2.73. The van der Waals surface area contributed by atoms with Crippen LogP contribution in [0.3, 0.4) is 0 Å². The maximum Gasteiger partial charge on any atom is 0.297 e. The number of hydrogen-bond donors (Lipinski definition) is 1. The van der Waals surface area contributed by atoms with Crippen LogP contribution in [-0.2, 0) is 20.0 Å². The van der Waals surface area contributed by atoms with Gasteiger partial charge < -0.3 is 9.80 Å². The molecule has 33 heavy (non-hydrogen) atoms. The molecule has 0 unspecified atom stereocenters. The summed E-state index contributed by atoms with van der Waals surface area (Å²) in [7, 11) is -2.09. The Hall–Kier alpha value is -3.14. The predicted octanol–water partition coefficient (Wildman–Crippen LogP) is 4.20. The quantitative estimate of drug-likeness (QED) is 0.424. The largest absolute Gasteiger partial charge is 0.377 e. The van der Waals surface area contributed by atoms with E-state index in [-0.39, 0.29) is 20.9 Å². The summed E-state index contributed by atoms with van der Waals surface area (Å²) in [5.41, 5.74) is 0.770. The van der Waals surface area contributed by atoms with E-state index >= 15 is 0 Å². The first-order valence-corrected chi connectivity index (χ1v) is 13.0. The fraction of sp³-hybridized carbons (Fsp3) is 0.167. The molecule has 0 aromatic heterocycles. The van der Waals surface area contributed by atoms with E-state index in [0.717, 1.165) is 11.1 Å². The van der Waals surface area contributed by atoms with Crippen molar-refractivity contribution in [2.45, 2.75) is 14.7 Å². The Balaban J connectivity index is 2.17. The smallest absolute Gasteiger partial charge is 0.297 e. The van der Waals surface area contributed by atoms with Gasteiger partial charge in [0.25, 0.3) is 10.1 Å². The SMILES string of the molecule is CN(C)c1c(S(=O)(=O)c2cccc3c(N(C)C)cccc23)cc2ccccc2c1S(=O)(=O)O. The average molecular weight is 485 g/mol. The number of fused-ring (bicyclic) bond motifs is 2. The highest BCUT2D eigenvalue weighted by molar-refractivity contribution is 7.92. The number of nitrogens with zero attached hydrogens (tertiary/aromatic N) is 2. The average Bonchev–Trinajstić information content (AvgIpc) is 2.75. The molecule has 4 aromatic carbocycles. The zero-order valence-electron chi connectivity index (χ0n) is 18.6. The lowest BCUT2D eigenvalue weighted by molar-refractivity contribution is 0.484. The van der Waals surface area contributed by atoms with Crippen LogP contribution in [0.1, 0.15) is 0 Å². The molecule has 0 aliphatic carbocycles. The minimum Gasteiger partial charge on any atom is -0.377 e. The van der Waals surface area contributed by atoms with Crippen LogP contribution in [-0.4, -0.2) is 49.6 Å². The lowest BCUT2D eigenvalue weighted by Gasteiger charge is -2.23. The Bertz CT molecular complexity index is 1610. The standard InChI is InChI=1S/C24H24N2O5S2/c1-25(2)20-13-7-12-19-18(20)11-8-14-21(19)32(27,28)22-15-16-9-5-6-10-17(16)24(33(29,30)31)23(22)26(3)4/h5-15H,1-4H3,(H,29,30,31). The van der Waals surface area contributed by atoms with Gasteiger partial charge in [0.15, 0.2) is 0 Å². The zero-order valence-corrected chi connectivity index (χ0v) is 20.3. The first kappa shape index (κ1) is 23.0. The van der Waals surface area contributed by atoms with Crippen molar-refractivity contribution in [3.63, 3.8) is 0 Å². The maximum absolute atomic E-state index is 14.1. The summed E-state index contributed by atoms with van der Waals surface area (Å²) < 4.78 is 63.1. The Kier molecular flexibility index (Phi) is 5.60. The molecular formula is C24H24N2O5S2. The molecule has 0 amide bonds. The molecule has 4 rings (SSSR count). The Labute approximate surface area is 193 Å². The van der Waals surface area contributed by atoms with E-state index in [1.54, 1.807) is 56.6 Å². The summed E-state index contributed by atoms with van der Waals surface area (Å²) in [6, 6.07) is 18.4. The summed E-state index contributed by atoms with van der Waals surface area (Å²) >= 11 is 0. The van der Waals surface area contributed by atoms with E-state index in [0.29, 0.717) is 10.8 Å². The molecule has 0 fully saturated rings. The lowest BCUT2D eigenvalue weighted by atomic mass is 10.1. The monoisotopic (exact) mass is 484 g/mol.